The van der Waals surface area contributed by atoms with Gasteiger partial charge in [-0.1, -0.05) is 35.9 Å². The van der Waals surface area contributed by atoms with Crippen molar-refractivity contribution in [3.05, 3.63) is 74.8 Å². The third-order valence-corrected chi connectivity index (χ3v) is 3.88. The molecule has 1 N–H and O–H groups in total. The first kappa shape index (κ1) is 19.1. The van der Waals surface area contributed by atoms with Gasteiger partial charge in [-0.15, -0.1) is 0 Å². The lowest BCUT2D eigenvalue weighted by Gasteiger charge is -2.14. The van der Waals surface area contributed by atoms with E-state index >= 15 is 0 Å². The van der Waals surface area contributed by atoms with Crippen molar-refractivity contribution >= 4 is 17.6 Å². The number of carbonyl (C=O) groups is 2. The summed E-state index contributed by atoms with van der Waals surface area (Å²) >= 11 is 0. The topological polar surface area (TPSA) is 98.5 Å². The highest BCUT2D eigenvalue weighted by Crippen LogP contribution is 2.20. The number of nitro groups is 1. The molecule has 0 aliphatic carbocycles. The van der Waals surface area contributed by atoms with Crippen LogP contribution in [-0.4, -0.2) is 22.9 Å². The number of aryl methyl sites for hydroxylation is 2. The molecule has 0 spiro atoms. The molecular weight excluding hydrogens is 336 g/mol. The van der Waals surface area contributed by atoms with E-state index in [9.17, 15) is 19.7 Å². The molecule has 0 unspecified atom stereocenters. The van der Waals surface area contributed by atoms with E-state index in [1.54, 1.807) is 6.92 Å². The number of nitro benzene ring substituents is 1. The van der Waals surface area contributed by atoms with Crippen LogP contribution >= 0.6 is 0 Å². The molecule has 0 aliphatic heterocycles. The van der Waals surface area contributed by atoms with E-state index in [2.05, 4.69) is 5.32 Å². The van der Waals surface area contributed by atoms with Gasteiger partial charge in [0.2, 0.25) is 0 Å². The first-order valence-corrected chi connectivity index (χ1v) is 8.07. The molecule has 2 rings (SSSR count). The summed E-state index contributed by atoms with van der Waals surface area (Å²) < 4.78 is 5.11. The zero-order valence-corrected chi connectivity index (χ0v) is 14.8. The molecule has 7 nitrogen and oxygen atoms in total. The van der Waals surface area contributed by atoms with Gasteiger partial charge in [-0.25, -0.2) is 4.79 Å². The first-order chi connectivity index (χ1) is 12.3. The second kappa shape index (κ2) is 8.24. The van der Waals surface area contributed by atoms with Crippen molar-refractivity contribution < 1.29 is 19.2 Å². The molecule has 0 fully saturated rings. The van der Waals surface area contributed by atoms with Crippen LogP contribution in [0.2, 0.25) is 0 Å². The molecule has 26 heavy (non-hydrogen) atoms. The van der Waals surface area contributed by atoms with Gasteiger partial charge in [0.25, 0.3) is 11.6 Å². The predicted molar refractivity (Wildman–Crippen MR) is 95.7 cm³/mol. The number of hydrogen-bond donors (Lipinski definition) is 1. The number of benzene rings is 2. The average Bonchev–Trinajstić information content (AvgIpc) is 2.60. The van der Waals surface area contributed by atoms with Crippen LogP contribution in [0.25, 0.3) is 0 Å². The summed E-state index contributed by atoms with van der Waals surface area (Å²) in [5.74, 6) is -1.23. The van der Waals surface area contributed by atoms with Gasteiger partial charge in [-0.2, -0.15) is 0 Å². The maximum atomic E-state index is 12.1. The second-order valence-corrected chi connectivity index (χ2v) is 6.01. The van der Waals surface area contributed by atoms with E-state index in [0.29, 0.717) is 12.1 Å². The third-order valence-electron chi connectivity index (χ3n) is 3.88. The van der Waals surface area contributed by atoms with Gasteiger partial charge in [0.15, 0.2) is 6.10 Å². The summed E-state index contributed by atoms with van der Waals surface area (Å²) in [5.41, 5.74) is 2.35. The maximum absolute atomic E-state index is 12.1. The summed E-state index contributed by atoms with van der Waals surface area (Å²) in [5, 5.41) is 13.6. The highest BCUT2D eigenvalue weighted by molar-refractivity contribution is 5.92. The number of nitrogens with one attached hydrogen (secondary N) is 1. The van der Waals surface area contributed by atoms with E-state index < -0.39 is 22.9 Å². The largest absolute Gasteiger partial charge is 0.449 e. The lowest BCUT2D eigenvalue weighted by Crippen LogP contribution is -2.35. The standard InChI is InChI=1S/C19H20N2O5/c1-12-4-7-15(8-5-12)11-20-18(22)14(3)26-19(23)16-9-6-13(2)17(10-16)21(24)25/h4-10,14H,11H2,1-3H3,(H,20,22)/t14-/m1/s1. The van der Waals surface area contributed by atoms with Gasteiger partial charge in [-0.3, -0.25) is 14.9 Å². The molecule has 7 heteroatoms. The van der Waals surface area contributed by atoms with Gasteiger partial charge in [0.1, 0.15) is 0 Å². The number of hydrogen-bond acceptors (Lipinski definition) is 5. The number of ether oxygens (including phenoxy) is 1. The van der Waals surface area contributed by atoms with Crippen LogP contribution in [-0.2, 0) is 16.1 Å². The summed E-state index contributed by atoms with van der Waals surface area (Å²) in [4.78, 5) is 34.6. The number of esters is 1. The summed E-state index contributed by atoms with van der Waals surface area (Å²) in [6.07, 6.45) is -1.02. The molecule has 2 aromatic rings. The average molecular weight is 356 g/mol. The maximum Gasteiger partial charge on any atom is 0.339 e. The third kappa shape index (κ3) is 4.89. The van der Waals surface area contributed by atoms with Gasteiger partial charge in [-0.05, 0) is 32.4 Å². The quantitative estimate of drug-likeness (QED) is 0.487. The molecule has 1 amide bonds. The van der Waals surface area contributed by atoms with Crippen LogP contribution in [0.1, 0.15) is 34.0 Å². The molecule has 0 saturated carbocycles. The molecule has 136 valence electrons. The van der Waals surface area contributed by atoms with Gasteiger partial charge >= 0.3 is 5.97 Å². The molecule has 0 radical (unpaired) electrons. The van der Waals surface area contributed by atoms with Crippen molar-refractivity contribution in [1.82, 2.24) is 5.32 Å². The molecule has 0 aromatic heterocycles. The van der Waals surface area contributed by atoms with Crippen molar-refractivity contribution in [1.29, 1.82) is 0 Å². The minimum atomic E-state index is -1.02. The van der Waals surface area contributed by atoms with Gasteiger partial charge in [0, 0.05) is 18.2 Å². The highest BCUT2D eigenvalue weighted by atomic mass is 16.6. The van der Waals surface area contributed by atoms with Crippen LogP contribution in [0.3, 0.4) is 0 Å². The Bertz CT molecular complexity index is 830. The summed E-state index contributed by atoms with van der Waals surface area (Å²) in [6.45, 7) is 5.32. The normalized spacial score (nSPS) is 11.5. The SMILES string of the molecule is Cc1ccc(CNC(=O)[C@@H](C)OC(=O)c2ccc(C)c([N+](=O)[O-])c2)cc1. The van der Waals surface area contributed by atoms with Crippen molar-refractivity contribution in [2.45, 2.75) is 33.4 Å². The Morgan fingerprint density at radius 2 is 1.81 bits per heavy atom. The van der Waals surface area contributed by atoms with Crippen LogP contribution in [0.5, 0.6) is 0 Å². The fourth-order valence-electron chi connectivity index (χ4n) is 2.25. The van der Waals surface area contributed by atoms with Crippen molar-refractivity contribution in [2.75, 3.05) is 0 Å². The minimum Gasteiger partial charge on any atom is -0.449 e. The molecule has 2 aromatic carbocycles. The first-order valence-electron chi connectivity index (χ1n) is 8.07. The Morgan fingerprint density at radius 1 is 1.15 bits per heavy atom. The van der Waals surface area contributed by atoms with Gasteiger partial charge in [0.05, 0.1) is 10.5 Å². The Labute approximate surface area is 151 Å². The van der Waals surface area contributed by atoms with Crippen LogP contribution < -0.4 is 5.32 Å². The number of nitrogens with zero attached hydrogens (tertiary/aromatic N) is 1. The zero-order valence-electron chi connectivity index (χ0n) is 14.8. The molecule has 1 atom stereocenters. The summed E-state index contributed by atoms with van der Waals surface area (Å²) in [6, 6.07) is 11.7. The van der Waals surface area contributed by atoms with Crippen LogP contribution in [0.4, 0.5) is 5.69 Å². The Kier molecular flexibility index (Phi) is 6.06. The Balaban J connectivity index is 1.95. The lowest BCUT2D eigenvalue weighted by atomic mass is 10.1. The van der Waals surface area contributed by atoms with Gasteiger partial charge < -0.3 is 10.1 Å². The second-order valence-electron chi connectivity index (χ2n) is 6.01. The molecular formula is C19H20N2O5. The van der Waals surface area contributed by atoms with Crippen molar-refractivity contribution in [3.8, 4) is 0 Å². The van der Waals surface area contributed by atoms with Crippen molar-refractivity contribution in [3.63, 3.8) is 0 Å². The van der Waals surface area contributed by atoms with E-state index in [4.69, 9.17) is 4.74 Å². The van der Waals surface area contributed by atoms with Crippen molar-refractivity contribution in [2.24, 2.45) is 0 Å². The van der Waals surface area contributed by atoms with E-state index in [1.165, 1.54) is 19.1 Å². The predicted octanol–water partition coefficient (Wildman–Crippen LogP) is 3.07. The van der Waals surface area contributed by atoms with E-state index in [1.807, 2.05) is 31.2 Å². The van der Waals surface area contributed by atoms with Crippen LogP contribution in [0.15, 0.2) is 42.5 Å². The zero-order chi connectivity index (χ0) is 19.3. The fraction of sp³-hybridized carbons (Fsp3) is 0.263. The smallest absolute Gasteiger partial charge is 0.339 e. The lowest BCUT2D eigenvalue weighted by molar-refractivity contribution is -0.385. The van der Waals surface area contributed by atoms with E-state index in [-0.39, 0.29) is 11.3 Å². The Morgan fingerprint density at radius 3 is 2.42 bits per heavy atom. The number of amides is 1. The minimum absolute atomic E-state index is 0.0282. The van der Waals surface area contributed by atoms with Crippen LogP contribution in [0, 0.1) is 24.0 Å². The monoisotopic (exact) mass is 356 g/mol. The summed E-state index contributed by atoms with van der Waals surface area (Å²) in [7, 11) is 0. The molecule has 0 aliphatic rings. The highest BCUT2D eigenvalue weighted by Gasteiger charge is 2.21. The number of rotatable bonds is 6. The molecule has 0 heterocycles. The number of carbonyl (C=O) groups excluding carboxylic acids is 2. The Hall–Kier alpha value is -3.22. The fourth-order valence-corrected chi connectivity index (χ4v) is 2.25. The molecule has 0 bridgehead atoms. The molecule has 0 saturated heterocycles. The van der Waals surface area contributed by atoms with E-state index in [0.717, 1.165) is 17.2 Å².